The van der Waals surface area contributed by atoms with Gasteiger partial charge in [0.25, 0.3) is 5.56 Å². The van der Waals surface area contributed by atoms with E-state index < -0.39 is 12.2 Å². The third-order valence-electron chi connectivity index (χ3n) is 4.27. The van der Waals surface area contributed by atoms with Gasteiger partial charge in [0.05, 0.1) is 15.7 Å². The molecule has 1 heterocycles. The molecule has 2 aromatic rings. The first-order chi connectivity index (χ1) is 12.8. The van der Waals surface area contributed by atoms with Crippen LogP contribution in [0.1, 0.15) is 31.5 Å². The standard InChI is InChI=1S/C17H14Cl2F2N4O2/c1-8(9-2-3-9)25-7-10(6-22)23-15(16(25)26)24-14-12(18)4-11(5-13(14)19)27-17(20)21/h4-5,7-9,17H,2-3H2,1H3,(H,23,24)/t8-/m1/s1. The van der Waals surface area contributed by atoms with E-state index in [2.05, 4.69) is 15.0 Å². The number of benzene rings is 1. The van der Waals surface area contributed by atoms with Crippen molar-refractivity contribution in [3.8, 4) is 11.8 Å². The zero-order valence-corrected chi connectivity index (χ0v) is 15.6. The first kappa shape index (κ1) is 19.4. The molecule has 1 aromatic carbocycles. The summed E-state index contributed by atoms with van der Waals surface area (Å²) in [6, 6.07) is 4.11. The smallest absolute Gasteiger partial charge is 0.387 e. The quantitative estimate of drug-likeness (QED) is 0.738. The molecule has 0 unspecified atom stereocenters. The van der Waals surface area contributed by atoms with E-state index in [1.165, 1.54) is 10.8 Å². The molecule has 142 valence electrons. The summed E-state index contributed by atoms with van der Waals surface area (Å²) < 4.78 is 30.4. The number of nitrogens with one attached hydrogen (secondary N) is 1. The van der Waals surface area contributed by atoms with Crippen molar-refractivity contribution in [3.05, 3.63) is 44.4 Å². The predicted octanol–water partition coefficient (Wildman–Crippen LogP) is 4.74. The van der Waals surface area contributed by atoms with Crippen molar-refractivity contribution >= 4 is 34.7 Å². The Morgan fingerprint density at radius 2 is 2.00 bits per heavy atom. The fourth-order valence-electron chi connectivity index (χ4n) is 2.71. The molecule has 0 spiro atoms. The van der Waals surface area contributed by atoms with Gasteiger partial charge in [-0.05, 0) is 25.7 Å². The van der Waals surface area contributed by atoms with Crippen LogP contribution in [-0.4, -0.2) is 16.2 Å². The average molecular weight is 415 g/mol. The highest BCUT2D eigenvalue weighted by molar-refractivity contribution is 6.39. The number of ether oxygens (including phenoxy) is 1. The lowest BCUT2D eigenvalue weighted by atomic mass is 10.2. The number of anilines is 2. The summed E-state index contributed by atoms with van der Waals surface area (Å²) >= 11 is 12.2. The van der Waals surface area contributed by atoms with Crippen molar-refractivity contribution in [2.75, 3.05) is 5.32 Å². The zero-order valence-electron chi connectivity index (χ0n) is 14.0. The van der Waals surface area contributed by atoms with Gasteiger partial charge in [-0.1, -0.05) is 23.2 Å². The summed E-state index contributed by atoms with van der Waals surface area (Å²) in [6.45, 7) is -1.12. The van der Waals surface area contributed by atoms with Crippen molar-refractivity contribution in [3.63, 3.8) is 0 Å². The Kier molecular flexibility index (Phi) is 5.53. The van der Waals surface area contributed by atoms with E-state index in [-0.39, 0.29) is 39.0 Å². The van der Waals surface area contributed by atoms with Crippen LogP contribution in [0.2, 0.25) is 10.0 Å². The maximum atomic E-state index is 12.8. The Hall–Kier alpha value is -2.37. The molecule has 6 nitrogen and oxygen atoms in total. The molecule has 1 aliphatic carbocycles. The van der Waals surface area contributed by atoms with Crippen LogP contribution in [0.25, 0.3) is 0 Å². The Labute approximate surface area is 163 Å². The van der Waals surface area contributed by atoms with Crippen LogP contribution in [-0.2, 0) is 0 Å². The van der Waals surface area contributed by atoms with Gasteiger partial charge in [0, 0.05) is 24.4 Å². The predicted molar refractivity (Wildman–Crippen MR) is 97.0 cm³/mol. The molecular formula is C17H14Cl2F2N4O2. The van der Waals surface area contributed by atoms with Gasteiger partial charge < -0.3 is 14.6 Å². The highest BCUT2D eigenvalue weighted by Crippen LogP contribution is 2.39. The molecule has 0 amide bonds. The number of nitrogens with zero attached hydrogens (tertiary/aromatic N) is 3. The number of hydrogen-bond acceptors (Lipinski definition) is 5. The van der Waals surface area contributed by atoms with Gasteiger partial charge in [-0.2, -0.15) is 14.0 Å². The third-order valence-corrected chi connectivity index (χ3v) is 4.87. The van der Waals surface area contributed by atoms with Gasteiger partial charge in [-0.15, -0.1) is 0 Å². The second kappa shape index (κ2) is 7.71. The Morgan fingerprint density at radius 3 is 2.52 bits per heavy atom. The Balaban J connectivity index is 1.99. The maximum Gasteiger partial charge on any atom is 0.387 e. The van der Waals surface area contributed by atoms with Crippen LogP contribution >= 0.6 is 23.2 Å². The lowest BCUT2D eigenvalue weighted by Crippen LogP contribution is -2.27. The van der Waals surface area contributed by atoms with E-state index in [9.17, 15) is 18.8 Å². The molecule has 0 saturated heterocycles. The molecule has 0 aliphatic heterocycles. The summed E-state index contributed by atoms with van der Waals surface area (Å²) in [5.41, 5.74) is -0.284. The second-order valence-corrected chi connectivity index (χ2v) is 6.96. The fourth-order valence-corrected chi connectivity index (χ4v) is 3.27. The molecule has 1 atom stereocenters. The largest absolute Gasteiger partial charge is 0.435 e. The fraction of sp³-hybridized carbons (Fsp3) is 0.353. The number of halogens is 4. The van der Waals surface area contributed by atoms with Crippen LogP contribution < -0.4 is 15.6 Å². The van der Waals surface area contributed by atoms with Gasteiger partial charge in [-0.25, -0.2) is 4.98 Å². The molecule has 10 heteroatoms. The number of rotatable bonds is 6. The summed E-state index contributed by atoms with van der Waals surface area (Å²) in [4.78, 5) is 16.8. The molecule has 1 aromatic heterocycles. The van der Waals surface area contributed by atoms with E-state index in [4.69, 9.17) is 23.2 Å². The molecule has 3 rings (SSSR count). The number of alkyl halides is 2. The van der Waals surface area contributed by atoms with Crippen molar-refractivity contribution in [2.24, 2.45) is 5.92 Å². The van der Waals surface area contributed by atoms with Gasteiger partial charge in [0.15, 0.2) is 11.5 Å². The van der Waals surface area contributed by atoms with Crippen LogP contribution in [0.4, 0.5) is 20.3 Å². The minimum atomic E-state index is -3.03. The first-order valence-corrected chi connectivity index (χ1v) is 8.80. The van der Waals surface area contributed by atoms with Crippen molar-refractivity contribution in [2.45, 2.75) is 32.4 Å². The normalized spacial score (nSPS) is 14.7. The van der Waals surface area contributed by atoms with Crippen LogP contribution in [0.3, 0.4) is 0 Å². The minimum absolute atomic E-state index is 0.0384. The van der Waals surface area contributed by atoms with Crippen molar-refractivity contribution < 1.29 is 13.5 Å². The monoisotopic (exact) mass is 414 g/mol. The third kappa shape index (κ3) is 4.31. The van der Waals surface area contributed by atoms with Crippen LogP contribution in [0.15, 0.2) is 23.1 Å². The Bertz CT molecular complexity index is 947. The maximum absolute atomic E-state index is 12.8. The first-order valence-electron chi connectivity index (χ1n) is 8.04. The summed E-state index contributed by atoms with van der Waals surface area (Å²) in [5, 5.41) is 11.9. The number of nitriles is 1. The highest BCUT2D eigenvalue weighted by atomic mass is 35.5. The van der Waals surface area contributed by atoms with Crippen molar-refractivity contribution in [1.82, 2.24) is 9.55 Å². The summed E-state index contributed by atoms with van der Waals surface area (Å²) in [6.07, 6.45) is 3.45. The Morgan fingerprint density at radius 1 is 1.37 bits per heavy atom. The lowest BCUT2D eigenvalue weighted by molar-refractivity contribution is -0.0498. The van der Waals surface area contributed by atoms with E-state index in [1.807, 2.05) is 13.0 Å². The van der Waals surface area contributed by atoms with Gasteiger partial charge in [-0.3, -0.25) is 4.79 Å². The molecule has 0 bridgehead atoms. The van der Waals surface area contributed by atoms with Gasteiger partial charge in [0.2, 0.25) is 0 Å². The van der Waals surface area contributed by atoms with Gasteiger partial charge in [0.1, 0.15) is 11.8 Å². The van der Waals surface area contributed by atoms with Crippen molar-refractivity contribution in [1.29, 1.82) is 5.26 Å². The van der Waals surface area contributed by atoms with Crippen LogP contribution in [0, 0.1) is 17.2 Å². The van der Waals surface area contributed by atoms with Gasteiger partial charge >= 0.3 is 6.61 Å². The molecular weight excluding hydrogens is 401 g/mol. The molecule has 0 radical (unpaired) electrons. The second-order valence-electron chi connectivity index (χ2n) is 6.14. The number of hydrogen-bond donors (Lipinski definition) is 1. The SMILES string of the molecule is C[C@H](C1CC1)n1cc(C#N)nc(Nc2c(Cl)cc(OC(F)F)cc2Cl)c1=O. The lowest BCUT2D eigenvalue weighted by Gasteiger charge is -2.17. The van der Waals surface area contributed by atoms with Crippen LogP contribution in [0.5, 0.6) is 5.75 Å². The van der Waals surface area contributed by atoms with E-state index >= 15 is 0 Å². The van der Waals surface area contributed by atoms with E-state index in [1.54, 1.807) is 0 Å². The van der Waals surface area contributed by atoms with E-state index in [0.29, 0.717) is 5.92 Å². The minimum Gasteiger partial charge on any atom is -0.435 e. The molecule has 1 fully saturated rings. The molecule has 1 aliphatic rings. The topological polar surface area (TPSA) is 79.9 Å². The average Bonchev–Trinajstić information content (AvgIpc) is 3.43. The summed E-state index contributed by atoms with van der Waals surface area (Å²) in [7, 11) is 0. The molecule has 1 saturated carbocycles. The molecule has 27 heavy (non-hydrogen) atoms. The van der Waals surface area contributed by atoms with E-state index in [0.717, 1.165) is 25.0 Å². The number of aromatic nitrogens is 2. The molecule has 1 N–H and O–H groups in total. The zero-order chi connectivity index (χ0) is 19.7. The summed E-state index contributed by atoms with van der Waals surface area (Å²) in [5.74, 6) is 0.0272. The highest BCUT2D eigenvalue weighted by Gasteiger charge is 2.30.